The van der Waals surface area contributed by atoms with Crippen molar-refractivity contribution in [3.63, 3.8) is 0 Å². The van der Waals surface area contributed by atoms with Gasteiger partial charge in [-0.15, -0.1) is 0 Å². The van der Waals surface area contributed by atoms with Gasteiger partial charge in [0.25, 0.3) is 0 Å². The summed E-state index contributed by atoms with van der Waals surface area (Å²) in [6.45, 7) is 1.38. The number of ether oxygens (including phenoxy) is 3. The molecule has 3 rings (SSSR count). The largest absolute Gasteiger partial charge is 0.497 e. The SMILES string of the molecule is COc1ccc(CN(Cc2ccc(OC)cc2)S(=O)(=O)CCN(C)CCC(=O)OCc2ccccc2)cc1. The van der Waals surface area contributed by atoms with E-state index >= 15 is 0 Å². The van der Waals surface area contributed by atoms with Gasteiger partial charge in [0.15, 0.2) is 0 Å². The van der Waals surface area contributed by atoms with Crippen LogP contribution < -0.4 is 9.47 Å². The maximum absolute atomic E-state index is 13.4. The molecular weight excluding hydrogens is 504 g/mol. The van der Waals surface area contributed by atoms with Gasteiger partial charge >= 0.3 is 5.97 Å². The standard InChI is InChI=1S/C29H36N2O6S/c1-30(18-17-29(32)37-23-26-7-5-4-6-8-26)19-20-38(33,34)31(21-24-9-13-27(35-2)14-10-24)22-25-11-15-28(36-3)16-12-25/h4-16H,17-23H2,1-3H3. The van der Waals surface area contributed by atoms with E-state index in [4.69, 9.17) is 14.2 Å². The zero-order chi connectivity index (χ0) is 27.4. The Balaban J connectivity index is 1.58. The monoisotopic (exact) mass is 540 g/mol. The highest BCUT2D eigenvalue weighted by molar-refractivity contribution is 7.89. The molecule has 8 nitrogen and oxygen atoms in total. The number of carbonyl (C=O) groups excluding carboxylic acids is 1. The second-order valence-corrected chi connectivity index (χ2v) is 11.1. The highest BCUT2D eigenvalue weighted by atomic mass is 32.2. The Labute approximate surface area is 225 Å². The van der Waals surface area contributed by atoms with E-state index in [0.717, 1.165) is 16.7 Å². The maximum Gasteiger partial charge on any atom is 0.307 e. The molecule has 38 heavy (non-hydrogen) atoms. The third-order valence-corrected chi connectivity index (χ3v) is 7.84. The number of nitrogens with zero attached hydrogens (tertiary/aromatic N) is 2. The van der Waals surface area contributed by atoms with Gasteiger partial charge in [0.2, 0.25) is 10.0 Å². The van der Waals surface area contributed by atoms with Gasteiger partial charge in [-0.3, -0.25) is 4.79 Å². The number of hydrogen-bond donors (Lipinski definition) is 0. The van der Waals surface area contributed by atoms with Crippen LogP contribution in [0.4, 0.5) is 0 Å². The van der Waals surface area contributed by atoms with E-state index in [2.05, 4.69) is 0 Å². The van der Waals surface area contributed by atoms with Gasteiger partial charge in [-0.2, -0.15) is 4.31 Å². The molecule has 0 aliphatic rings. The van der Waals surface area contributed by atoms with Crippen LogP contribution in [-0.4, -0.2) is 63.7 Å². The fourth-order valence-electron chi connectivity index (χ4n) is 3.73. The Bertz CT molecular complexity index is 1180. The Kier molecular flexibility index (Phi) is 11.1. The van der Waals surface area contributed by atoms with Crippen molar-refractivity contribution in [2.75, 3.05) is 40.1 Å². The fourth-order valence-corrected chi connectivity index (χ4v) is 5.22. The predicted octanol–water partition coefficient (Wildman–Crippen LogP) is 4.10. The van der Waals surface area contributed by atoms with E-state index in [1.165, 1.54) is 4.31 Å². The molecule has 0 N–H and O–H groups in total. The zero-order valence-corrected chi connectivity index (χ0v) is 23.0. The van der Waals surface area contributed by atoms with Crippen molar-refractivity contribution in [1.29, 1.82) is 0 Å². The lowest BCUT2D eigenvalue weighted by atomic mass is 10.2. The highest BCUT2D eigenvalue weighted by Crippen LogP contribution is 2.19. The van der Waals surface area contributed by atoms with Crippen molar-refractivity contribution in [1.82, 2.24) is 9.21 Å². The number of sulfonamides is 1. The minimum Gasteiger partial charge on any atom is -0.497 e. The summed E-state index contributed by atoms with van der Waals surface area (Å²) in [4.78, 5) is 14.0. The Morgan fingerprint density at radius 3 is 1.76 bits per heavy atom. The topological polar surface area (TPSA) is 85.4 Å². The number of benzene rings is 3. The van der Waals surface area contributed by atoms with Crippen LogP contribution in [0.2, 0.25) is 0 Å². The lowest BCUT2D eigenvalue weighted by molar-refractivity contribution is -0.145. The summed E-state index contributed by atoms with van der Waals surface area (Å²) in [6.07, 6.45) is 0.185. The summed E-state index contributed by atoms with van der Waals surface area (Å²) < 4.78 is 44.1. The lowest BCUT2D eigenvalue weighted by Gasteiger charge is -2.24. The molecule has 0 unspecified atom stereocenters. The van der Waals surface area contributed by atoms with Crippen LogP contribution >= 0.6 is 0 Å². The van der Waals surface area contributed by atoms with Crippen molar-refractivity contribution in [3.8, 4) is 11.5 Å². The fraction of sp³-hybridized carbons (Fsp3) is 0.345. The number of hydrogen-bond acceptors (Lipinski definition) is 7. The van der Waals surface area contributed by atoms with E-state index in [-0.39, 0.29) is 44.4 Å². The van der Waals surface area contributed by atoms with E-state index in [0.29, 0.717) is 18.0 Å². The molecule has 0 fully saturated rings. The predicted molar refractivity (Wildman–Crippen MR) is 147 cm³/mol. The zero-order valence-electron chi connectivity index (χ0n) is 22.2. The van der Waals surface area contributed by atoms with Gasteiger partial charge in [0, 0.05) is 26.2 Å². The molecule has 0 saturated carbocycles. The summed E-state index contributed by atoms with van der Waals surface area (Å²) >= 11 is 0. The van der Waals surface area contributed by atoms with E-state index in [1.54, 1.807) is 21.3 Å². The quantitative estimate of drug-likeness (QED) is 0.268. The van der Waals surface area contributed by atoms with Crippen LogP contribution in [0, 0.1) is 0 Å². The average Bonchev–Trinajstić information content (AvgIpc) is 2.95. The van der Waals surface area contributed by atoms with Crippen molar-refractivity contribution in [2.24, 2.45) is 0 Å². The summed E-state index contributed by atoms with van der Waals surface area (Å²) in [5.74, 6) is 1.03. The Morgan fingerprint density at radius 2 is 1.26 bits per heavy atom. The maximum atomic E-state index is 13.4. The highest BCUT2D eigenvalue weighted by Gasteiger charge is 2.23. The van der Waals surface area contributed by atoms with Crippen LogP contribution in [0.5, 0.6) is 11.5 Å². The first-order valence-corrected chi connectivity index (χ1v) is 14.0. The summed E-state index contributed by atoms with van der Waals surface area (Å²) in [6, 6.07) is 24.2. The number of rotatable bonds is 15. The normalized spacial score (nSPS) is 11.5. The molecule has 0 spiro atoms. The van der Waals surface area contributed by atoms with Gasteiger partial charge in [0.1, 0.15) is 18.1 Å². The van der Waals surface area contributed by atoms with Crippen LogP contribution in [-0.2, 0) is 39.3 Å². The number of methoxy groups -OCH3 is 2. The van der Waals surface area contributed by atoms with E-state index in [9.17, 15) is 13.2 Å². The van der Waals surface area contributed by atoms with Gasteiger partial charge in [-0.1, -0.05) is 54.6 Å². The van der Waals surface area contributed by atoms with Crippen molar-refractivity contribution in [2.45, 2.75) is 26.1 Å². The van der Waals surface area contributed by atoms with Gasteiger partial charge in [-0.25, -0.2) is 8.42 Å². The number of carbonyl (C=O) groups is 1. The summed E-state index contributed by atoms with van der Waals surface area (Å²) in [7, 11) is 1.37. The molecule has 3 aromatic rings. The minimum atomic E-state index is -3.62. The first-order chi connectivity index (χ1) is 18.3. The molecular formula is C29H36N2O6S. The molecule has 9 heteroatoms. The molecule has 0 aliphatic heterocycles. The summed E-state index contributed by atoms with van der Waals surface area (Å²) in [5, 5.41) is 0. The second-order valence-electron chi connectivity index (χ2n) is 8.98. The van der Waals surface area contributed by atoms with Crippen LogP contribution in [0.25, 0.3) is 0 Å². The third kappa shape index (κ3) is 9.48. The average molecular weight is 541 g/mol. The van der Waals surface area contributed by atoms with Crippen LogP contribution in [0.3, 0.4) is 0 Å². The summed E-state index contributed by atoms with van der Waals surface area (Å²) in [5.41, 5.74) is 2.64. The first-order valence-electron chi connectivity index (χ1n) is 12.4. The van der Waals surface area contributed by atoms with Gasteiger partial charge < -0.3 is 19.1 Å². The lowest BCUT2D eigenvalue weighted by Crippen LogP contribution is -2.36. The van der Waals surface area contributed by atoms with E-state index in [1.807, 2.05) is 83.8 Å². The number of esters is 1. The van der Waals surface area contributed by atoms with Gasteiger partial charge in [-0.05, 0) is 48.0 Å². The van der Waals surface area contributed by atoms with Crippen LogP contribution in [0.1, 0.15) is 23.1 Å². The molecule has 0 aliphatic carbocycles. The molecule has 0 radical (unpaired) electrons. The van der Waals surface area contributed by atoms with E-state index < -0.39 is 10.0 Å². The van der Waals surface area contributed by atoms with Crippen LogP contribution in [0.15, 0.2) is 78.9 Å². The molecule has 204 valence electrons. The Hall–Kier alpha value is -3.40. The van der Waals surface area contributed by atoms with Gasteiger partial charge in [0.05, 0.1) is 26.4 Å². The molecule has 0 bridgehead atoms. The molecule has 0 aromatic heterocycles. The molecule has 0 saturated heterocycles. The molecule has 3 aromatic carbocycles. The van der Waals surface area contributed by atoms with Crippen molar-refractivity contribution >= 4 is 16.0 Å². The third-order valence-electron chi connectivity index (χ3n) is 6.10. The smallest absolute Gasteiger partial charge is 0.307 e. The molecule has 0 heterocycles. The second kappa shape index (κ2) is 14.5. The van der Waals surface area contributed by atoms with Crippen molar-refractivity contribution < 1.29 is 27.4 Å². The Morgan fingerprint density at radius 1 is 0.737 bits per heavy atom. The molecule has 0 atom stereocenters. The molecule has 0 amide bonds. The minimum absolute atomic E-state index is 0.0745. The van der Waals surface area contributed by atoms with Crippen molar-refractivity contribution in [3.05, 3.63) is 95.6 Å². The first kappa shape index (κ1) is 29.2.